The summed E-state index contributed by atoms with van der Waals surface area (Å²) < 4.78 is 10.9. The molecule has 32 heavy (non-hydrogen) atoms. The molecule has 5 nitrogen and oxygen atoms in total. The molecule has 2 aliphatic carbocycles. The first kappa shape index (κ1) is 21.5. The minimum absolute atomic E-state index is 0.475. The lowest BCUT2D eigenvalue weighted by Crippen LogP contribution is -2.35. The van der Waals surface area contributed by atoms with E-state index < -0.39 is 0 Å². The fourth-order valence-corrected chi connectivity index (χ4v) is 6.64. The number of methoxy groups -OCH3 is 2. The van der Waals surface area contributed by atoms with Crippen LogP contribution >= 0.6 is 11.3 Å². The fourth-order valence-electron chi connectivity index (χ4n) is 5.36. The van der Waals surface area contributed by atoms with Crippen molar-refractivity contribution < 1.29 is 9.47 Å². The third kappa shape index (κ3) is 3.94. The van der Waals surface area contributed by atoms with Crippen LogP contribution in [-0.4, -0.2) is 30.2 Å². The first-order valence-electron chi connectivity index (χ1n) is 11.9. The van der Waals surface area contributed by atoms with Gasteiger partial charge in [0.1, 0.15) is 16.5 Å². The van der Waals surface area contributed by atoms with Gasteiger partial charge in [0.05, 0.1) is 19.6 Å². The van der Waals surface area contributed by atoms with Gasteiger partial charge < -0.3 is 14.8 Å². The summed E-state index contributed by atoms with van der Waals surface area (Å²) in [6.07, 6.45) is 8.09. The number of aryl methyl sites for hydroxylation is 2. The van der Waals surface area contributed by atoms with Gasteiger partial charge in [-0.05, 0) is 60.8 Å². The molecule has 0 radical (unpaired) electrons. The van der Waals surface area contributed by atoms with Gasteiger partial charge in [0, 0.05) is 17.3 Å². The highest BCUT2D eigenvalue weighted by Gasteiger charge is 2.29. The monoisotopic (exact) mass is 451 g/mol. The second kappa shape index (κ2) is 8.89. The highest BCUT2D eigenvalue weighted by Crippen LogP contribution is 2.41. The highest BCUT2D eigenvalue weighted by atomic mass is 32.1. The number of hydrogen-bond acceptors (Lipinski definition) is 6. The van der Waals surface area contributed by atoms with Crippen LogP contribution in [0, 0.1) is 11.8 Å². The molecule has 3 atom stereocenters. The molecule has 5 rings (SSSR count). The number of thiophene rings is 1. The topological polar surface area (TPSA) is 56.3 Å². The van der Waals surface area contributed by atoms with E-state index in [1.165, 1.54) is 47.9 Å². The largest absolute Gasteiger partial charge is 0.493 e. The van der Waals surface area contributed by atoms with Crippen molar-refractivity contribution in [3.63, 3.8) is 0 Å². The molecule has 2 aliphatic rings. The standard InChI is InChI=1S/C26H33N3O2S/c1-15-7-5-9-19(16(15)2)27-25-24-18-8-6-10-22(18)32-26(24)29-23(28-25)14-17-11-12-20(30-3)21(13-17)31-4/h11-13,15-16,19H,5-10,14H2,1-4H3,(H,27,28,29)/t15-,16+,19+/m0/s1. The van der Waals surface area contributed by atoms with E-state index >= 15 is 0 Å². The summed E-state index contributed by atoms with van der Waals surface area (Å²) >= 11 is 1.87. The number of hydrogen-bond donors (Lipinski definition) is 1. The van der Waals surface area contributed by atoms with Crippen LogP contribution in [0.1, 0.15) is 61.4 Å². The van der Waals surface area contributed by atoms with Crippen LogP contribution in [0.2, 0.25) is 0 Å². The van der Waals surface area contributed by atoms with Gasteiger partial charge in [0.15, 0.2) is 11.5 Å². The Morgan fingerprint density at radius 2 is 1.88 bits per heavy atom. The minimum Gasteiger partial charge on any atom is -0.493 e. The normalized spacial score (nSPS) is 22.7. The maximum atomic E-state index is 5.50. The van der Waals surface area contributed by atoms with Gasteiger partial charge in [0.25, 0.3) is 0 Å². The van der Waals surface area contributed by atoms with Gasteiger partial charge in [-0.3, -0.25) is 0 Å². The molecule has 0 bridgehead atoms. The number of nitrogens with one attached hydrogen (secondary N) is 1. The molecule has 3 aromatic rings. The quantitative estimate of drug-likeness (QED) is 0.496. The van der Waals surface area contributed by atoms with E-state index in [9.17, 15) is 0 Å². The molecule has 170 valence electrons. The molecule has 0 aliphatic heterocycles. The van der Waals surface area contributed by atoms with Crippen molar-refractivity contribution in [1.29, 1.82) is 0 Å². The average Bonchev–Trinajstić information content (AvgIpc) is 3.38. The number of aromatic nitrogens is 2. The third-order valence-corrected chi connectivity index (χ3v) is 8.64. The lowest BCUT2D eigenvalue weighted by Gasteiger charge is -2.35. The van der Waals surface area contributed by atoms with Crippen molar-refractivity contribution in [2.75, 3.05) is 19.5 Å². The zero-order valence-electron chi connectivity index (χ0n) is 19.5. The molecule has 0 saturated heterocycles. The molecule has 0 amide bonds. The fraction of sp³-hybridized carbons (Fsp3) is 0.538. The third-order valence-electron chi connectivity index (χ3n) is 7.45. The predicted molar refractivity (Wildman–Crippen MR) is 131 cm³/mol. The van der Waals surface area contributed by atoms with Crippen molar-refractivity contribution in [1.82, 2.24) is 9.97 Å². The molecule has 1 fully saturated rings. The Labute approximate surface area is 194 Å². The molecular formula is C26H33N3O2S. The molecule has 0 unspecified atom stereocenters. The van der Waals surface area contributed by atoms with Gasteiger partial charge >= 0.3 is 0 Å². The summed E-state index contributed by atoms with van der Waals surface area (Å²) in [7, 11) is 3.33. The first-order chi connectivity index (χ1) is 15.6. The van der Waals surface area contributed by atoms with Gasteiger partial charge in [-0.1, -0.05) is 32.8 Å². The Bertz CT molecular complexity index is 1130. The van der Waals surface area contributed by atoms with Crippen LogP contribution in [-0.2, 0) is 19.3 Å². The molecule has 1 aromatic carbocycles. The van der Waals surface area contributed by atoms with E-state index in [0.29, 0.717) is 18.4 Å². The number of anilines is 1. The molecular weight excluding hydrogens is 418 g/mol. The summed E-state index contributed by atoms with van der Waals surface area (Å²) in [5, 5.41) is 5.18. The van der Waals surface area contributed by atoms with Crippen molar-refractivity contribution in [3.05, 3.63) is 40.0 Å². The zero-order valence-corrected chi connectivity index (χ0v) is 20.3. The lowest BCUT2D eigenvalue weighted by atomic mass is 9.78. The first-order valence-corrected chi connectivity index (χ1v) is 12.7. The number of fused-ring (bicyclic) bond motifs is 3. The van der Waals surface area contributed by atoms with Crippen molar-refractivity contribution in [2.24, 2.45) is 11.8 Å². The summed E-state index contributed by atoms with van der Waals surface area (Å²) in [6, 6.07) is 6.53. The van der Waals surface area contributed by atoms with Crippen molar-refractivity contribution >= 4 is 27.4 Å². The molecule has 1 N–H and O–H groups in total. The van der Waals surface area contributed by atoms with Crippen LogP contribution in [0.15, 0.2) is 18.2 Å². The molecule has 2 heterocycles. The Hall–Kier alpha value is -2.34. The Kier molecular flexibility index (Phi) is 5.97. The predicted octanol–water partition coefficient (Wildman–Crippen LogP) is 6.02. The van der Waals surface area contributed by atoms with Gasteiger partial charge in [0.2, 0.25) is 0 Å². The average molecular weight is 452 g/mol. The summed E-state index contributed by atoms with van der Waals surface area (Å²) in [6.45, 7) is 4.78. The maximum absolute atomic E-state index is 5.50. The van der Waals surface area contributed by atoms with E-state index in [1.54, 1.807) is 14.2 Å². The van der Waals surface area contributed by atoms with E-state index in [1.807, 2.05) is 23.5 Å². The summed E-state index contributed by atoms with van der Waals surface area (Å²) in [4.78, 5) is 12.8. The SMILES string of the molecule is COc1ccc(Cc2nc(N[C@@H]3CCC[C@H](C)[C@H]3C)c3c4c(sc3n2)CCC4)cc1OC. The summed E-state index contributed by atoms with van der Waals surface area (Å²) in [5.74, 6) is 4.79. The van der Waals surface area contributed by atoms with E-state index in [-0.39, 0.29) is 0 Å². The molecule has 0 spiro atoms. The van der Waals surface area contributed by atoms with Gasteiger partial charge in [-0.2, -0.15) is 0 Å². The lowest BCUT2D eigenvalue weighted by molar-refractivity contribution is 0.253. The number of benzene rings is 1. The smallest absolute Gasteiger partial charge is 0.161 e. The Morgan fingerprint density at radius 1 is 1.03 bits per heavy atom. The number of rotatable bonds is 6. The Balaban J connectivity index is 1.52. The van der Waals surface area contributed by atoms with Crippen molar-refractivity contribution in [3.8, 4) is 11.5 Å². The molecule has 6 heteroatoms. The van der Waals surface area contributed by atoms with Crippen LogP contribution in [0.5, 0.6) is 11.5 Å². The van der Waals surface area contributed by atoms with Crippen LogP contribution in [0.4, 0.5) is 5.82 Å². The zero-order chi connectivity index (χ0) is 22.2. The highest BCUT2D eigenvalue weighted by molar-refractivity contribution is 7.19. The Morgan fingerprint density at radius 3 is 2.69 bits per heavy atom. The second-order valence-electron chi connectivity index (χ2n) is 9.41. The number of nitrogens with zero attached hydrogens (tertiary/aromatic N) is 2. The van der Waals surface area contributed by atoms with E-state index in [4.69, 9.17) is 19.4 Å². The van der Waals surface area contributed by atoms with Crippen LogP contribution < -0.4 is 14.8 Å². The van der Waals surface area contributed by atoms with Crippen LogP contribution in [0.3, 0.4) is 0 Å². The van der Waals surface area contributed by atoms with Gasteiger partial charge in [-0.25, -0.2) is 9.97 Å². The second-order valence-corrected chi connectivity index (χ2v) is 10.5. The van der Waals surface area contributed by atoms with E-state index in [2.05, 4.69) is 25.2 Å². The van der Waals surface area contributed by atoms with E-state index in [0.717, 1.165) is 45.9 Å². The van der Waals surface area contributed by atoms with Crippen molar-refractivity contribution in [2.45, 2.75) is 64.8 Å². The minimum atomic E-state index is 0.475. The number of ether oxygens (including phenoxy) is 2. The molecule has 2 aromatic heterocycles. The summed E-state index contributed by atoms with van der Waals surface area (Å²) in [5.41, 5.74) is 2.61. The van der Waals surface area contributed by atoms with Crippen LogP contribution in [0.25, 0.3) is 10.2 Å². The maximum Gasteiger partial charge on any atom is 0.161 e. The molecule has 1 saturated carbocycles. The van der Waals surface area contributed by atoms with Gasteiger partial charge in [-0.15, -0.1) is 11.3 Å².